The van der Waals surface area contributed by atoms with Gasteiger partial charge in [0.05, 0.1) is 36.8 Å². The van der Waals surface area contributed by atoms with Crippen LogP contribution in [0.15, 0.2) is 47.4 Å². The van der Waals surface area contributed by atoms with Gasteiger partial charge in [-0.2, -0.15) is 0 Å². The van der Waals surface area contributed by atoms with E-state index in [1.54, 1.807) is 30.3 Å². The highest BCUT2D eigenvalue weighted by Crippen LogP contribution is 2.36. The Morgan fingerprint density at radius 2 is 1.81 bits per heavy atom. The number of amides is 2. The molecule has 2 amide bonds. The fourth-order valence-corrected chi connectivity index (χ4v) is 4.17. The smallest absolute Gasteiger partial charge is 0.227 e. The van der Waals surface area contributed by atoms with E-state index < -0.39 is 15.8 Å². The van der Waals surface area contributed by atoms with Gasteiger partial charge >= 0.3 is 0 Å². The van der Waals surface area contributed by atoms with Gasteiger partial charge in [-0.15, -0.1) is 0 Å². The summed E-state index contributed by atoms with van der Waals surface area (Å²) >= 11 is 0. The van der Waals surface area contributed by atoms with Crippen molar-refractivity contribution in [3.63, 3.8) is 0 Å². The first-order valence-electron chi connectivity index (χ1n) is 9.76. The van der Waals surface area contributed by atoms with Crippen LogP contribution in [0, 0.1) is 5.92 Å². The van der Waals surface area contributed by atoms with Crippen LogP contribution < -0.4 is 19.7 Å². The maximum absolute atomic E-state index is 12.8. The molecule has 2 aromatic rings. The fourth-order valence-electron chi connectivity index (χ4n) is 3.54. The highest BCUT2D eigenvalue weighted by Gasteiger charge is 2.37. The van der Waals surface area contributed by atoms with Crippen LogP contribution in [-0.4, -0.2) is 47.3 Å². The zero-order chi connectivity index (χ0) is 22.8. The second-order valence-corrected chi connectivity index (χ2v) is 9.53. The lowest BCUT2D eigenvalue weighted by atomic mass is 10.1. The van der Waals surface area contributed by atoms with Gasteiger partial charge in [0.25, 0.3) is 0 Å². The molecular formula is C22H26N2O6S. The summed E-state index contributed by atoms with van der Waals surface area (Å²) in [5, 5.41) is 2.92. The topological polar surface area (TPSA) is 102 Å². The van der Waals surface area contributed by atoms with E-state index in [4.69, 9.17) is 9.47 Å². The number of carbonyl (C=O) groups is 2. The highest BCUT2D eigenvalue weighted by molar-refractivity contribution is 7.90. The highest BCUT2D eigenvalue weighted by atomic mass is 32.2. The molecule has 166 valence electrons. The molecule has 0 radical (unpaired) electrons. The van der Waals surface area contributed by atoms with Crippen LogP contribution in [0.3, 0.4) is 0 Å². The van der Waals surface area contributed by atoms with Gasteiger partial charge in [0.15, 0.2) is 9.84 Å². The van der Waals surface area contributed by atoms with E-state index in [0.717, 1.165) is 11.8 Å². The lowest BCUT2D eigenvalue weighted by Gasteiger charge is -2.21. The number of ether oxygens (including phenoxy) is 2. The van der Waals surface area contributed by atoms with Crippen molar-refractivity contribution in [1.29, 1.82) is 0 Å². The second kappa shape index (κ2) is 8.97. The maximum atomic E-state index is 12.8. The molecule has 0 spiro atoms. The van der Waals surface area contributed by atoms with Crippen molar-refractivity contribution < 1.29 is 27.5 Å². The third-order valence-corrected chi connectivity index (χ3v) is 6.47. The van der Waals surface area contributed by atoms with Gasteiger partial charge in [-0.1, -0.05) is 12.1 Å². The number of hydrogen-bond acceptors (Lipinski definition) is 6. The molecule has 9 heteroatoms. The summed E-state index contributed by atoms with van der Waals surface area (Å²) in [6, 6.07) is 11.2. The molecule has 8 nitrogen and oxygen atoms in total. The van der Waals surface area contributed by atoms with Crippen LogP contribution in [0.25, 0.3) is 0 Å². The second-order valence-electron chi connectivity index (χ2n) is 7.51. The molecule has 2 aromatic carbocycles. The largest absolute Gasteiger partial charge is 0.497 e. The Labute approximate surface area is 182 Å². The summed E-state index contributed by atoms with van der Waals surface area (Å²) in [6.07, 6.45) is 1.24. The van der Waals surface area contributed by atoms with Crippen LogP contribution in [0.2, 0.25) is 0 Å². The van der Waals surface area contributed by atoms with Crippen molar-refractivity contribution in [3.05, 3.63) is 48.0 Å². The average Bonchev–Trinajstić information content (AvgIpc) is 3.14. The van der Waals surface area contributed by atoms with Gasteiger partial charge in [0.1, 0.15) is 11.5 Å². The molecule has 1 fully saturated rings. The number of methoxy groups -OCH3 is 2. The van der Waals surface area contributed by atoms with Crippen molar-refractivity contribution in [2.24, 2.45) is 5.92 Å². The summed E-state index contributed by atoms with van der Waals surface area (Å²) in [7, 11) is -0.221. The molecule has 31 heavy (non-hydrogen) atoms. The number of anilines is 1. The molecule has 0 aromatic heterocycles. The molecule has 0 saturated carbocycles. The van der Waals surface area contributed by atoms with Gasteiger partial charge < -0.3 is 19.7 Å². The molecule has 1 N–H and O–H groups in total. The quantitative estimate of drug-likeness (QED) is 0.701. The lowest BCUT2D eigenvalue weighted by molar-refractivity contribution is -0.126. The van der Waals surface area contributed by atoms with Gasteiger partial charge in [0, 0.05) is 25.3 Å². The maximum Gasteiger partial charge on any atom is 0.227 e. The first kappa shape index (κ1) is 22.6. The first-order chi connectivity index (χ1) is 14.6. The average molecular weight is 447 g/mol. The van der Waals surface area contributed by atoms with Gasteiger partial charge in [-0.25, -0.2) is 8.42 Å². The summed E-state index contributed by atoms with van der Waals surface area (Å²) in [6.45, 7) is 2.04. The molecule has 2 unspecified atom stereocenters. The molecular weight excluding hydrogens is 420 g/mol. The minimum atomic E-state index is -3.28. The van der Waals surface area contributed by atoms with E-state index in [1.807, 2.05) is 6.92 Å². The number of hydrogen-bond donors (Lipinski definition) is 1. The number of sulfone groups is 1. The van der Waals surface area contributed by atoms with Crippen molar-refractivity contribution in [1.82, 2.24) is 5.32 Å². The minimum Gasteiger partial charge on any atom is -0.497 e. The normalized spacial score (nSPS) is 17.4. The van der Waals surface area contributed by atoms with Gasteiger partial charge in [-0.05, 0) is 36.8 Å². The Bertz CT molecular complexity index is 1080. The van der Waals surface area contributed by atoms with Gasteiger partial charge in [-0.3, -0.25) is 9.59 Å². The van der Waals surface area contributed by atoms with Crippen LogP contribution in [-0.2, 0) is 19.4 Å². The molecule has 0 aliphatic carbocycles. The summed E-state index contributed by atoms with van der Waals surface area (Å²) < 4.78 is 33.8. The Hall–Kier alpha value is -3.07. The Morgan fingerprint density at radius 3 is 2.39 bits per heavy atom. The number of carbonyl (C=O) groups excluding carboxylic acids is 2. The first-order valence-corrected chi connectivity index (χ1v) is 11.7. The van der Waals surface area contributed by atoms with E-state index in [0.29, 0.717) is 17.2 Å². The SMILES string of the molecule is COc1ccc(OC)c(N2CC(C(=O)NC(C)c3ccc(S(C)(=O)=O)cc3)CC2=O)c1. The van der Waals surface area contributed by atoms with Crippen LogP contribution >= 0.6 is 0 Å². The molecule has 1 aliphatic heterocycles. The van der Waals surface area contributed by atoms with E-state index >= 15 is 0 Å². The monoisotopic (exact) mass is 446 g/mol. The Morgan fingerprint density at radius 1 is 1.13 bits per heavy atom. The number of nitrogens with zero attached hydrogens (tertiary/aromatic N) is 1. The fraction of sp³-hybridized carbons (Fsp3) is 0.364. The van der Waals surface area contributed by atoms with Crippen molar-refractivity contribution in [3.8, 4) is 11.5 Å². The third-order valence-electron chi connectivity index (χ3n) is 5.34. The number of rotatable bonds is 7. The molecule has 2 atom stereocenters. The zero-order valence-corrected chi connectivity index (χ0v) is 18.7. The van der Waals surface area contributed by atoms with Crippen LogP contribution in [0.1, 0.15) is 24.9 Å². The predicted molar refractivity (Wildman–Crippen MR) is 116 cm³/mol. The molecule has 1 aliphatic rings. The number of nitrogens with one attached hydrogen (secondary N) is 1. The van der Waals surface area contributed by atoms with Crippen LogP contribution in [0.4, 0.5) is 5.69 Å². The predicted octanol–water partition coefficient (Wildman–Crippen LogP) is 2.34. The minimum absolute atomic E-state index is 0.0892. The molecule has 1 saturated heterocycles. The van der Waals surface area contributed by atoms with Crippen LogP contribution in [0.5, 0.6) is 11.5 Å². The number of benzene rings is 2. The zero-order valence-electron chi connectivity index (χ0n) is 17.9. The Kier molecular flexibility index (Phi) is 6.54. The van der Waals surface area contributed by atoms with E-state index in [1.165, 1.54) is 31.3 Å². The summed E-state index contributed by atoms with van der Waals surface area (Å²) in [4.78, 5) is 27.2. The standard InChI is InChI=1S/C22H26N2O6S/c1-14(15-5-8-18(9-6-15)31(4,27)28)23-22(26)16-11-21(25)24(13-16)19-12-17(29-2)7-10-20(19)30-3/h5-10,12,14,16H,11,13H2,1-4H3,(H,23,26). The lowest BCUT2D eigenvalue weighted by Crippen LogP contribution is -2.34. The van der Waals surface area contributed by atoms with E-state index in [2.05, 4.69) is 5.32 Å². The van der Waals surface area contributed by atoms with E-state index in [9.17, 15) is 18.0 Å². The third kappa shape index (κ3) is 4.99. The van der Waals surface area contributed by atoms with Gasteiger partial charge in [0.2, 0.25) is 11.8 Å². The van der Waals surface area contributed by atoms with Crippen molar-refractivity contribution in [2.75, 3.05) is 31.9 Å². The molecule has 1 heterocycles. The Balaban J connectivity index is 1.70. The van der Waals surface area contributed by atoms with E-state index in [-0.39, 0.29) is 35.7 Å². The summed E-state index contributed by atoms with van der Waals surface area (Å²) in [5.74, 6) is 0.188. The summed E-state index contributed by atoms with van der Waals surface area (Å²) in [5.41, 5.74) is 1.34. The molecule has 3 rings (SSSR count). The van der Waals surface area contributed by atoms with Crippen molar-refractivity contribution in [2.45, 2.75) is 24.3 Å². The molecule has 0 bridgehead atoms. The van der Waals surface area contributed by atoms with Crippen molar-refractivity contribution >= 4 is 27.3 Å².